The molecule has 1 N–H and O–H groups in total. The molecule has 2 fully saturated rings. The second-order valence-electron chi connectivity index (χ2n) is 8.99. The molecule has 0 saturated carbocycles. The first-order valence-electron chi connectivity index (χ1n) is 10.3. The molecule has 1 unspecified atom stereocenters. The summed E-state index contributed by atoms with van der Waals surface area (Å²) < 4.78 is 5.25. The first-order valence-corrected chi connectivity index (χ1v) is 10.7. The molecular weight excluding hydrogens is 406 g/mol. The van der Waals surface area contributed by atoms with Gasteiger partial charge in [-0.1, -0.05) is 11.6 Å². The molecule has 0 spiro atoms. The molecule has 0 aliphatic carbocycles. The minimum atomic E-state index is -0.279. The third-order valence-corrected chi connectivity index (χ3v) is 6.07. The van der Waals surface area contributed by atoms with E-state index in [-0.39, 0.29) is 41.6 Å². The van der Waals surface area contributed by atoms with Crippen molar-refractivity contribution in [3.8, 4) is 5.75 Å². The third kappa shape index (κ3) is 4.89. The van der Waals surface area contributed by atoms with Crippen LogP contribution < -0.4 is 10.1 Å². The first-order chi connectivity index (χ1) is 14.1. The molecule has 2 saturated heterocycles. The van der Waals surface area contributed by atoms with Crippen LogP contribution in [0.1, 0.15) is 50.4 Å². The Bertz CT molecular complexity index is 828. The molecule has 3 amide bonds. The average Bonchev–Trinajstić information content (AvgIpc) is 3.10. The molecule has 2 aliphatic heterocycles. The van der Waals surface area contributed by atoms with Crippen molar-refractivity contribution >= 4 is 29.3 Å². The van der Waals surface area contributed by atoms with Gasteiger partial charge in [-0.2, -0.15) is 0 Å². The molecule has 2 aliphatic rings. The van der Waals surface area contributed by atoms with Gasteiger partial charge in [-0.3, -0.25) is 14.4 Å². The number of halogens is 1. The molecule has 30 heavy (non-hydrogen) atoms. The Morgan fingerprint density at radius 2 is 1.87 bits per heavy atom. The molecule has 0 radical (unpaired) electrons. The number of methoxy groups -OCH3 is 1. The number of carbonyl (C=O) groups excluding carboxylic acids is 3. The number of amides is 3. The van der Waals surface area contributed by atoms with Gasteiger partial charge in [0.2, 0.25) is 11.8 Å². The van der Waals surface area contributed by atoms with Gasteiger partial charge in [0.15, 0.2) is 0 Å². The van der Waals surface area contributed by atoms with Gasteiger partial charge < -0.3 is 19.9 Å². The monoisotopic (exact) mass is 435 g/mol. The van der Waals surface area contributed by atoms with E-state index in [0.717, 1.165) is 0 Å². The second-order valence-corrected chi connectivity index (χ2v) is 9.43. The van der Waals surface area contributed by atoms with Gasteiger partial charge in [0, 0.05) is 42.7 Å². The summed E-state index contributed by atoms with van der Waals surface area (Å²) in [5.74, 6) is 0.0357. The number of carbonyl (C=O) groups is 3. The highest BCUT2D eigenvalue weighted by Gasteiger charge is 2.41. The fourth-order valence-corrected chi connectivity index (χ4v) is 4.32. The summed E-state index contributed by atoms with van der Waals surface area (Å²) in [4.78, 5) is 41.5. The van der Waals surface area contributed by atoms with Crippen LogP contribution >= 0.6 is 11.6 Å². The first kappa shape index (κ1) is 22.4. The van der Waals surface area contributed by atoms with Crippen molar-refractivity contribution in [1.29, 1.82) is 0 Å². The minimum Gasteiger partial charge on any atom is -0.496 e. The van der Waals surface area contributed by atoms with E-state index in [9.17, 15) is 14.4 Å². The number of likely N-dealkylation sites (tertiary alicyclic amines) is 2. The Morgan fingerprint density at radius 1 is 1.20 bits per heavy atom. The van der Waals surface area contributed by atoms with Crippen LogP contribution in [-0.2, 0) is 9.59 Å². The van der Waals surface area contributed by atoms with Crippen molar-refractivity contribution in [2.45, 2.75) is 51.6 Å². The van der Waals surface area contributed by atoms with Crippen molar-refractivity contribution in [3.63, 3.8) is 0 Å². The Labute approximate surface area is 182 Å². The van der Waals surface area contributed by atoms with Crippen LogP contribution in [0.25, 0.3) is 0 Å². The molecule has 1 aromatic rings. The Hall–Kier alpha value is -2.28. The lowest BCUT2D eigenvalue weighted by molar-refractivity contribution is -0.136. The highest BCUT2D eigenvalue weighted by Crippen LogP contribution is 2.28. The van der Waals surface area contributed by atoms with Gasteiger partial charge in [-0.05, 0) is 51.8 Å². The van der Waals surface area contributed by atoms with Gasteiger partial charge >= 0.3 is 0 Å². The molecular formula is C22H30ClN3O4. The van der Waals surface area contributed by atoms with Crippen molar-refractivity contribution in [3.05, 3.63) is 28.8 Å². The maximum absolute atomic E-state index is 12.9. The number of benzene rings is 1. The summed E-state index contributed by atoms with van der Waals surface area (Å²) in [6.45, 7) is 7.57. The van der Waals surface area contributed by atoms with Gasteiger partial charge in [0.25, 0.3) is 5.91 Å². The molecule has 1 aromatic carbocycles. The Morgan fingerprint density at radius 3 is 2.43 bits per heavy atom. The zero-order chi connectivity index (χ0) is 22.1. The van der Waals surface area contributed by atoms with Crippen LogP contribution in [0.3, 0.4) is 0 Å². The normalized spacial score (nSPS) is 20.4. The Balaban J connectivity index is 1.54. The summed E-state index contributed by atoms with van der Waals surface area (Å²) in [6.07, 6.45) is 1.62. The predicted molar refractivity (Wildman–Crippen MR) is 115 cm³/mol. The molecule has 1 atom stereocenters. The van der Waals surface area contributed by atoms with E-state index in [1.54, 1.807) is 23.1 Å². The SMILES string of the molecule is COc1ccc(Cl)cc1C(=O)NC1CCN(C(=O)C2CC(=O)N(C(C)(C)C)C2)CC1. The van der Waals surface area contributed by atoms with Gasteiger partial charge in [0.05, 0.1) is 18.6 Å². The number of nitrogens with one attached hydrogen (secondary N) is 1. The van der Waals surface area contributed by atoms with Crippen LogP contribution in [0.4, 0.5) is 0 Å². The Kier molecular flexibility index (Phi) is 6.60. The molecule has 164 valence electrons. The highest BCUT2D eigenvalue weighted by atomic mass is 35.5. The minimum absolute atomic E-state index is 0.0264. The summed E-state index contributed by atoms with van der Waals surface area (Å²) in [6, 6.07) is 4.91. The van der Waals surface area contributed by atoms with E-state index >= 15 is 0 Å². The number of rotatable bonds is 4. The molecule has 0 aromatic heterocycles. The summed E-state index contributed by atoms with van der Waals surface area (Å²) in [7, 11) is 1.51. The second kappa shape index (κ2) is 8.84. The lowest BCUT2D eigenvalue weighted by Crippen LogP contribution is -2.49. The van der Waals surface area contributed by atoms with Crippen molar-refractivity contribution in [2.24, 2.45) is 5.92 Å². The number of hydrogen-bond acceptors (Lipinski definition) is 4. The summed E-state index contributed by atoms with van der Waals surface area (Å²) in [5, 5.41) is 3.49. The largest absolute Gasteiger partial charge is 0.496 e. The van der Waals surface area contributed by atoms with Crippen LogP contribution in [0.15, 0.2) is 18.2 Å². The molecule has 3 rings (SSSR count). The smallest absolute Gasteiger partial charge is 0.255 e. The summed E-state index contributed by atoms with van der Waals surface area (Å²) >= 11 is 6.02. The maximum atomic E-state index is 12.9. The number of ether oxygens (including phenoxy) is 1. The van der Waals surface area contributed by atoms with E-state index < -0.39 is 0 Å². The molecule has 8 heteroatoms. The van der Waals surface area contributed by atoms with E-state index in [4.69, 9.17) is 16.3 Å². The maximum Gasteiger partial charge on any atom is 0.255 e. The third-order valence-electron chi connectivity index (χ3n) is 5.83. The van der Waals surface area contributed by atoms with Crippen molar-refractivity contribution < 1.29 is 19.1 Å². The fraction of sp³-hybridized carbons (Fsp3) is 0.591. The lowest BCUT2D eigenvalue weighted by atomic mass is 10.0. The fourth-order valence-electron chi connectivity index (χ4n) is 4.14. The van der Waals surface area contributed by atoms with Crippen LogP contribution in [0, 0.1) is 5.92 Å². The number of piperidine rings is 1. The highest BCUT2D eigenvalue weighted by molar-refractivity contribution is 6.31. The van der Waals surface area contributed by atoms with Gasteiger partial charge in [-0.15, -0.1) is 0 Å². The van der Waals surface area contributed by atoms with E-state index in [2.05, 4.69) is 5.32 Å². The van der Waals surface area contributed by atoms with Crippen LogP contribution in [0.5, 0.6) is 5.75 Å². The average molecular weight is 436 g/mol. The van der Waals surface area contributed by atoms with Crippen LogP contribution in [-0.4, -0.2) is 65.8 Å². The summed E-state index contributed by atoms with van der Waals surface area (Å²) in [5.41, 5.74) is 0.125. The molecule has 7 nitrogen and oxygen atoms in total. The van der Waals surface area contributed by atoms with E-state index in [0.29, 0.717) is 48.8 Å². The lowest BCUT2D eigenvalue weighted by Gasteiger charge is -2.35. The quantitative estimate of drug-likeness (QED) is 0.788. The van der Waals surface area contributed by atoms with Crippen molar-refractivity contribution in [2.75, 3.05) is 26.7 Å². The van der Waals surface area contributed by atoms with Gasteiger partial charge in [-0.25, -0.2) is 0 Å². The van der Waals surface area contributed by atoms with Crippen LogP contribution in [0.2, 0.25) is 5.02 Å². The number of hydrogen-bond donors (Lipinski definition) is 1. The molecule has 0 bridgehead atoms. The predicted octanol–water partition coefficient (Wildman–Crippen LogP) is 2.72. The topological polar surface area (TPSA) is 79.0 Å². The standard InChI is InChI=1S/C22H30ClN3O4/c1-22(2,3)26-13-14(11-19(26)27)21(29)25-9-7-16(8-10-25)24-20(28)17-12-15(23)5-6-18(17)30-4/h5-6,12,14,16H,7-11,13H2,1-4H3,(H,24,28). The van der Waals surface area contributed by atoms with Crippen molar-refractivity contribution in [1.82, 2.24) is 15.1 Å². The zero-order valence-corrected chi connectivity index (χ0v) is 18.8. The zero-order valence-electron chi connectivity index (χ0n) is 18.0. The van der Waals surface area contributed by atoms with Gasteiger partial charge in [0.1, 0.15) is 5.75 Å². The number of nitrogens with zero attached hydrogens (tertiary/aromatic N) is 2. The van der Waals surface area contributed by atoms with E-state index in [1.807, 2.05) is 25.7 Å². The molecule has 2 heterocycles. The van der Waals surface area contributed by atoms with E-state index in [1.165, 1.54) is 7.11 Å².